The monoisotopic (exact) mass is 550 g/mol. The van der Waals surface area contributed by atoms with Crippen molar-refractivity contribution in [3.63, 3.8) is 0 Å². The molecule has 3 unspecified atom stereocenters. The third-order valence-corrected chi connectivity index (χ3v) is 6.43. The molecular formula is C31H42N4O5. The largest absolute Gasteiger partial charge is 0.444 e. The third kappa shape index (κ3) is 8.69. The van der Waals surface area contributed by atoms with Gasteiger partial charge in [-0.05, 0) is 76.3 Å². The number of ether oxygens (including phenoxy) is 1. The van der Waals surface area contributed by atoms with Crippen molar-refractivity contribution >= 4 is 35.6 Å². The molecule has 0 radical (unpaired) electrons. The molecule has 2 aromatic carbocycles. The molecule has 9 nitrogen and oxygen atoms in total. The molecule has 216 valence electrons. The fourth-order valence-corrected chi connectivity index (χ4v) is 4.32. The summed E-state index contributed by atoms with van der Waals surface area (Å²) in [6.45, 7) is 16.4. The summed E-state index contributed by atoms with van der Waals surface area (Å²) >= 11 is 0. The van der Waals surface area contributed by atoms with Crippen LogP contribution in [0.15, 0.2) is 49.0 Å². The van der Waals surface area contributed by atoms with E-state index >= 15 is 0 Å². The Balaban J connectivity index is 2.66. The van der Waals surface area contributed by atoms with Crippen molar-refractivity contribution < 1.29 is 23.9 Å². The number of alkyl carbamates (subject to hydrolysis) is 1. The van der Waals surface area contributed by atoms with Crippen molar-refractivity contribution in [2.75, 3.05) is 5.32 Å². The van der Waals surface area contributed by atoms with Crippen LogP contribution in [0, 0.1) is 13.8 Å². The Morgan fingerprint density at radius 1 is 1.07 bits per heavy atom. The molecule has 3 atom stereocenters. The Kier molecular flexibility index (Phi) is 11.0. The van der Waals surface area contributed by atoms with Crippen molar-refractivity contribution in [3.8, 4) is 0 Å². The molecule has 2 aromatic rings. The van der Waals surface area contributed by atoms with Gasteiger partial charge in [0.1, 0.15) is 17.7 Å². The smallest absolute Gasteiger partial charge is 0.408 e. The van der Waals surface area contributed by atoms with Crippen molar-refractivity contribution in [3.05, 3.63) is 71.3 Å². The molecule has 0 aliphatic heterocycles. The lowest BCUT2D eigenvalue weighted by molar-refractivity contribution is -0.144. The quantitative estimate of drug-likeness (QED) is 0.362. The van der Waals surface area contributed by atoms with Crippen LogP contribution in [0.4, 0.5) is 10.5 Å². The van der Waals surface area contributed by atoms with E-state index in [1.807, 2.05) is 52.0 Å². The lowest BCUT2D eigenvalue weighted by Crippen LogP contribution is -2.55. The fraction of sp³-hybridized carbons (Fsp3) is 0.419. The molecule has 2 rings (SSSR count). The number of rotatable bonds is 11. The second-order valence-electron chi connectivity index (χ2n) is 10.9. The maximum absolute atomic E-state index is 14.2. The van der Waals surface area contributed by atoms with Crippen LogP contribution >= 0.6 is 0 Å². The van der Waals surface area contributed by atoms with Crippen molar-refractivity contribution in [1.29, 1.82) is 0 Å². The number of carbonyl (C=O) groups excluding carboxylic acids is 4. The SMILES string of the molecule is C=Cc1cccc(C(C(=O)Nc2c(C)cccc2C)N(C(=O)C(CC(N)=O)NC(=O)OC(C)(C)C)C(C)CC)c1. The number of amides is 4. The number of para-hydroxylation sites is 1. The van der Waals surface area contributed by atoms with E-state index in [0.717, 1.165) is 16.7 Å². The second kappa shape index (κ2) is 13.8. The number of nitrogens with zero attached hydrogens (tertiary/aromatic N) is 1. The maximum Gasteiger partial charge on any atom is 0.408 e. The van der Waals surface area contributed by atoms with E-state index in [2.05, 4.69) is 17.2 Å². The highest BCUT2D eigenvalue weighted by Crippen LogP contribution is 2.30. The maximum atomic E-state index is 14.2. The van der Waals surface area contributed by atoms with Gasteiger partial charge in [0.2, 0.25) is 11.8 Å². The van der Waals surface area contributed by atoms with Crippen LogP contribution in [-0.4, -0.2) is 46.4 Å². The first-order chi connectivity index (χ1) is 18.7. The number of benzene rings is 2. The first-order valence-corrected chi connectivity index (χ1v) is 13.4. The first-order valence-electron chi connectivity index (χ1n) is 13.4. The molecule has 0 saturated carbocycles. The van der Waals surface area contributed by atoms with Crippen LogP contribution < -0.4 is 16.4 Å². The zero-order valence-electron chi connectivity index (χ0n) is 24.5. The minimum atomic E-state index is -1.35. The van der Waals surface area contributed by atoms with Gasteiger partial charge in [-0.25, -0.2) is 4.79 Å². The Morgan fingerprint density at radius 3 is 2.20 bits per heavy atom. The highest BCUT2D eigenvalue weighted by atomic mass is 16.6. The Labute approximate surface area is 237 Å². The normalized spacial score (nSPS) is 13.4. The van der Waals surface area contributed by atoms with Crippen molar-refractivity contribution in [2.24, 2.45) is 5.73 Å². The van der Waals surface area contributed by atoms with Crippen LogP contribution in [0.3, 0.4) is 0 Å². The topological polar surface area (TPSA) is 131 Å². The molecule has 0 aliphatic carbocycles. The van der Waals surface area contributed by atoms with Crippen LogP contribution in [0.25, 0.3) is 6.08 Å². The Morgan fingerprint density at radius 2 is 1.68 bits per heavy atom. The summed E-state index contributed by atoms with van der Waals surface area (Å²) in [6, 6.07) is 9.95. The zero-order valence-corrected chi connectivity index (χ0v) is 24.5. The first kappa shape index (κ1) is 32.1. The fourth-order valence-electron chi connectivity index (χ4n) is 4.32. The minimum Gasteiger partial charge on any atom is -0.444 e. The lowest BCUT2D eigenvalue weighted by atomic mass is 9.97. The molecular weight excluding hydrogens is 508 g/mol. The molecule has 0 aliphatic rings. The zero-order chi connectivity index (χ0) is 30.2. The van der Waals surface area contributed by atoms with E-state index in [9.17, 15) is 19.2 Å². The predicted octanol–water partition coefficient (Wildman–Crippen LogP) is 5.02. The van der Waals surface area contributed by atoms with Gasteiger partial charge >= 0.3 is 6.09 Å². The number of nitrogens with one attached hydrogen (secondary N) is 2. The molecule has 0 spiro atoms. The summed E-state index contributed by atoms with van der Waals surface area (Å²) in [5, 5.41) is 5.52. The summed E-state index contributed by atoms with van der Waals surface area (Å²) in [7, 11) is 0. The van der Waals surface area contributed by atoms with Crippen LogP contribution in [0.2, 0.25) is 0 Å². The number of nitrogens with two attached hydrogens (primary N) is 1. The number of primary amides is 1. The van der Waals surface area contributed by atoms with Gasteiger partial charge in [0.05, 0.1) is 6.42 Å². The van der Waals surface area contributed by atoms with Gasteiger partial charge < -0.3 is 26.0 Å². The molecule has 0 fully saturated rings. The third-order valence-electron chi connectivity index (χ3n) is 6.43. The summed E-state index contributed by atoms with van der Waals surface area (Å²) in [4.78, 5) is 54.3. The average molecular weight is 551 g/mol. The summed E-state index contributed by atoms with van der Waals surface area (Å²) < 4.78 is 5.33. The number of carbonyl (C=O) groups is 4. The van der Waals surface area contributed by atoms with Gasteiger partial charge in [0.25, 0.3) is 5.91 Å². The van der Waals surface area contributed by atoms with Crippen LogP contribution in [0.1, 0.15) is 75.8 Å². The van der Waals surface area contributed by atoms with Crippen LogP contribution in [0.5, 0.6) is 0 Å². The minimum absolute atomic E-state index is 0.442. The highest BCUT2D eigenvalue weighted by molar-refractivity contribution is 6.00. The van der Waals surface area contributed by atoms with Crippen LogP contribution in [-0.2, 0) is 19.1 Å². The Bertz CT molecular complexity index is 1230. The number of aryl methyl sites for hydroxylation is 2. The van der Waals surface area contributed by atoms with Gasteiger partial charge in [-0.3, -0.25) is 14.4 Å². The van der Waals surface area contributed by atoms with E-state index < -0.39 is 54.0 Å². The molecule has 9 heteroatoms. The predicted molar refractivity (Wildman–Crippen MR) is 157 cm³/mol. The van der Waals surface area contributed by atoms with Gasteiger partial charge in [-0.2, -0.15) is 0 Å². The van der Waals surface area contributed by atoms with Gasteiger partial charge in [0.15, 0.2) is 0 Å². The number of hydrogen-bond acceptors (Lipinski definition) is 5. The molecule has 40 heavy (non-hydrogen) atoms. The molecule has 0 bridgehead atoms. The van der Waals surface area contributed by atoms with Gasteiger partial charge in [-0.1, -0.05) is 56.0 Å². The van der Waals surface area contributed by atoms with Gasteiger partial charge in [0, 0.05) is 11.7 Å². The molecule has 0 aromatic heterocycles. The van der Waals surface area contributed by atoms with E-state index in [0.29, 0.717) is 17.7 Å². The molecule has 4 N–H and O–H groups in total. The molecule has 0 heterocycles. The molecule has 0 saturated heterocycles. The van der Waals surface area contributed by atoms with E-state index in [4.69, 9.17) is 10.5 Å². The van der Waals surface area contributed by atoms with E-state index in [1.54, 1.807) is 45.0 Å². The highest BCUT2D eigenvalue weighted by Gasteiger charge is 2.39. The molecule has 4 amide bonds. The summed E-state index contributed by atoms with van der Waals surface area (Å²) in [5.41, 5.74) is 8.33. The van der Waals surface area contributed by atoms with E-state index in [-0.39, 0.29) is 0 Å². The second-order valence-corrected chi connectivity index (χ2v) is 10.9. The van der Waals surface area contributed by atoms with Crippen molar-refractivity contribution in [2.45, 2.75) is 85.0 Å². The average Bonchev–Trinajstić information content (AvgIpc) is 2.86. The standard InChI is InChI=1S/C31H42N4O5/c1-9-21(5)35(29(38)24(18-25(32)36)33-30(39)40-31(6,7)8)27(23-16-12-15-22(10-2)17-23)28(37)34-26-19(3)13-11-14-20(26)4/h10-17,21,24,27H,2,9,18H2,1,3-8H3,(H2,32,36)(H,33,39)(H,34,37). The van der Waals surface area contributed by atoms with E-state index in [1.165, 1.54) is 4.90 Å². The lowest BCUT2D eigenvalue weighted by Gasteiger charge is -2.38. The summed E-state index contributed by atoms with van der Waals surface area (Å²) in [6.07, 6.45) is 0.805. The Hall–Kier alpha value is -4.14. The number of anilines is 1. The van der Waals surface area contributed by atoms with Gasteiger partial charge in [-0.15, -0.1) is 0 Å². The summed E-state index contributed by atoms with van der Waals surface area (Å²) in [5.74, 6) is -1.87. The number of hydrogen-bond donors (Lipinski definition) is 3. The van der Waals surface area contributed by atoms with Crippen molar-refractivity contribution in [1.82, 2.24) is 10.2 Å².